The van der Waals surface area contributed by atoms with E-state index >= 15 is 0 Å². The van der Waals surface area contributed by atoms with Crippen molar-refractivity contribution in [3.63, 3.8) is 0 Å². The number of hydrogen-bond donors (Lipinski definition) is 0. The predicted octanol–water partition coefficient (Wildman–Crippen LogP) is 13.5. The molecule has 0 spiro atoms. The summed E-state index contributed by atoms with van der Waals surface area (Å²) in [7, 11) is 0. The quantitative estimate of drug-likeness (QED) is 0.171. The Labute approximate surface area is 281 Å². The lowest BCUT2D eigenvalue weighted by molar-refractivity contribution is 1.56. The molecule has 0 saturated carbocycles. The molecule has 0 heterocycles. The molecule has 0 aliphatic carbocycles. The van der Waals surface area contributed by atoms with Crippen LogP contribution in [0.3, 0.4) is 0 Å². The summed E-state index contributed by atoms with van der Waals surface area (Å²) in [5.74, 6) is 0. The average Bonchev–Trinajstić information content (AvgIpc) is 3.17. The SMILES string of the molecule is c1ccc(-c2ccccc2-c2cccc(-c3ccccc3-c3c4ccccc4c(-c4ccc5ccccc5c4)c4ccccc34)c2)cc1. The second kappa shape index (κ2) is 11.8. The van der Waals surface area contributed by atoms with Gasteiger partial charge in [0.1, 0.15) is 0 Å². The highest BCUT2D eigenvalue weighted by atomic mass is 14.2. The summed E-state index contributed by atoms with van der Waals surface area (Å²) < 4.78 is 0. The zero-order chi connectivity index (χ0) is 31.9. The van der Waals surface area contributed by atoms with Crippen molar-refractivity contribution >= 4 is 32.3 Å². The minimum Gasteiger partial charge on any atom is -0.0622 e. The molecule has 0 nitrogen and oxygen atoms in total. The fraction of sp³-hybridized carbons (Fsp3) is 0. The minimum absolute atomic E-state index is 1.21. The van der Waals surface area contributed by atoms with Crippen molar-refractivity contribution < 1.29 is 0 Å². The Kier molecular flexibility index (Phi) is 6.91. The van der Waals surface area contributed by atoms with E-state index in [1.165, 1.54) is 88.0 Å². The van der Waals surface area contributed by atoms with Crippen molar-refractivity contribution in [2.75, 3.05) is 0 Å². The van der Waals surface area contributed by atoms with Crippen molar-refractivity contribution in [1.29, 1.82) is 0 Å². The van der Waals surface area contributed by atoms with Gasteiger partial charge in [0, 0.05) is 0 Å². The number of fused-ring (bicyclic) bond motifs is 3. The van der Waals surface area contributed by atoms with Crippen LogP contribution in [0.5, 0.6) is 0 Å². The van der Waals surface area contributed by atoms with Crippen LogP contribution in [0.15, 0.2) is 194 Å². The first-order chi connectivity index (χ1) is 23.8. The van der Waals surface area contributed by atoms with Gasteiger partial charge in [-0.3, -0.25) is 0 Å². The highest BCUT2D eigenvalue weighted by molar-refractivity contribution is 6.22. The van der Waals surface area contributed by atoms with E-state index in [2.05, 4.69) is 194 Å². The lowest BCUT2D eigenvalue weighted by Gasteiger charge is -2.20. The third kappa shape index (κ3) is 4.78. The van der Waals surface area contributed by atoms with Gasteiger partial charge in [0.2, 0.25) is 0 Å². The van der Waals surface area contributed by atoms with Crippen LogP contribution in [0.1, 0.15) is 0 Å². The Bertz CT molecular complexity index is 2550. The van der Waals surface area contributed by atoms with E-state index in [4.69, 9.17) is 0 Å². The van der Waals surface area contributed by atoms with Gasteiger partial charge in [-0.1, -0.05) is 182 Å². The molecule has 0 aromatic heterocycles. The number of hydrogen-bond acceptors (Lipinski definition) is 0. The van der Waals surface area contributed by atoms with Gasteiger partial charge in [-0.2, -0.15) is 0 Å². The van der Waals surface area contributed by atoms with Gasteiger partial charge in [0.05, 0.1) is 0 Å². The molecule has 0 heteroatoms. The summed E-state index contributed by atoms with van der Waals surface area (Å²) in [6, 6.07) is 70.7. The molecule has 224 valence electrons. The lowest BCUT2D eigenvalue weighted by atomic mass is 9.83. The summed E-state index contributed by atoms with van der Waals surface area (Å²) in [5.41, 5.74) is 12.4. The van der Waals surface area contributed by atoms with E-state index in [9.17, 15) is 0 Å². The highest BCUT2D eigenvalue weighted by Gasteiger charge is 2.19. The zero-order valence-corrected chi connectivity index (χ0v) is 26.5. The molecule has 0 fully saturated rings. The van der Waals surface area contributed by atoms with Crippen molar-refractivity contribution in [3.8, 4) is 55.6 Å². The predicted molar refractivity (Wildman–Crippen MR) is 206 cm³/mol. The Morgan fingerprint density at radius 3 is 1.27 bits per heavy atom. The van der Waals surface area contributed by atoms with Crippen LogP contribution in [-0.2, 0) is 0 Å². The van der Waals surface area contributed by atoms with Crippen molar-refractivity contribution in [1.82, 2.24) is 0 Å². The Balaban J connectivity index is 1.27. The molecule has 9 rings (SSSR count). The van der Waals surface area contributed by atoms with E-state index in [0.29, 0.717) is 0 Å². The van der Waals surface area contributed by atoms with Gasteiger partial charge in [0.25, 0.3) is 0 Å². The van der Waals surface area contributed by atoms with E-state index < -0.39 is 0 Å². The normalized spacial score (nSPS) is 11.3. The minimum atomic E-state index is 1.21. The molecule has 0 N–H and O–H groups in total. The van der Waals surface area contributed by atoms with E-state index in [0.717, 1.165) is 0 Å². The standard InChI is InChI=1S/C48H32/c1-2-16-34(17-3-1)39-21-6-7-22-40(39)36-19-14-20-37(32-36)41-23-8-9-24-42(41)48-45-27-12-10-25-43(45)47(44-26-11-13-28-46(44)48)38-30-29-33-15-4-5-18-35(33)31-38/h1-32H. The maximum atomic E-state index is 2.36. The third-order valence-electron chi connectivity index (χ3n) is 9.66. The van der Waals surface area contributed by atoms with Crippen molar-refractivity contribution in [2.45, 2.75) is 0 Å². The van der Waals surface area contributed by atoms with E-state index in [1.54, 1.807) is 0 Å². The summed E-state index contributed by atoms with van der Waals surface area (Å²) in [4.78, 5) is 0. The van der Waals surface area contributed by atoms with Gasteiger partial charge in [-0.05, 0) is 100 Å². The Morgan fingerprint density at radius 1 is 0.208 bits per heavy atom. The van der Waals surface area contributed by atoms with Crippen LogP contribution < -0.4 is 0 Å². The van der Waals surface area contributed by atoms with Crippen LogP contribution in [0.2, 0.25) is 0 Å². The lowest BCUT2D eigenvalue weighted by Crippen LogP contribution is -1.93. The maximum absolute atomic E-state index is 2.36. The van der Waals surface area contributed by atoms with Crippen molar-refractivity contribution in [2.24, 2.45) is 0 Å². The fourth-order valence-electron chi connectivity index (χ4n) is 7.49. The van der Waals surface area contributed by atoms with Gasteiger partial charge < -0.3 is 0 Å². The average molecular weight is 609 g/mol. The maximum Gasteiger partial charge on any atom is -0.00201 e. The molecule has 0 unspecified atom stereocenters. The highest BCUT2D eigenvalue weighted by Crippen LogP contribution is 2.46. The Hall–Kier alpha value is -6.24. The summed E-state index contributed by atoms with van der Waals surface area (Å²) in [6.07, 6.45) is 0. The monoisotopic (exact) mass is 608 g/mol. The molecule has 9 aromatic carbocycles. The van der Waals surface area contributed by atoms with Crippen molar-refractivity contribution in [3.05, 3.63) is 194 Å². The van der Waals surface area contributed by atoms with Crippen LogP contribution in [0.4, 0.5) is 0 Å². The molecule has 0 atom stereocenters. The van der Waals surface area contributed by atoms with Crippen LogP contribution in [0, 0.1) is 0 Å². The first-order valence-corrected chi connectivity index (χ1v) is 16.6. The zero-order valence-electron chi connectivity index (χ0n) is 26.5. The van der Waals surface area contributed by atoms with Gasteiger partial charge in [-0.25, -0.2) is 0 Å². The van der Waals surface area contributed by atoms with E-state index in [1.807, 2.05) is 0 Å². The van der Waals surface area contributed by atoms with Gasteiger partial charge in [-0.15, -0.1) is 0 Å². The smallest absolute Gasteiger partial charge is 0.00201 e. The molecule has 48 heavy (non-hydrogen) atoms. The number of rotatable bonds is 5. The van der Waals surface area contributed by atoms with Crippen LogP contribution in [-0.4, -0.2) is 0 Å². The molecule has 0 aliphatic heterocycles. The summed E-state index contributed by atoms with van der Waals surface area (Å²) in [6.45, 7) is 0. The molecule has 0 amide bonds. The molecular weight excluding hydrogens is 577 g/mol. The molecule has 0 saturated heterocycles. The largest absolute Gasteiger partial charge is 0.0622 e. The fourth-order valence-corrected chi connectivity index (χ4v) is 7.49. The summed E-state index contributed by atoms with van der Waals surface area (Å²) in [5, 5.41) is 7.57. The Morgan fingerprint density at radius 2 is 0.646 bits per heavy atom. The molecule has 0 radical (unpaired) electrons. The number of benzene rings is 9. The van der Waals surface area contributed by atoms with Crippen LogP contribution >= 0.6 is 0 Å². The van der Waals surface area contributed by atoms with Gasteiger partial charge in [0.15, 0.2) is 0 Å². The molecule has 0 aliphatic rings. The second-order valence-electron chi connectivity index (χ2n) is 12.4. The topological polar surface area (TPSA) is 0 Å². The molecule has 9 aromatic rings. The second-order valence-corrected chi connectivity index (χ2v) is 12.4. The third-order valence-corrected chi connectivity index (χ3v) is 9.66. The summed E-state index contributed by atoms with van der Waals surface area (Å²) >= 11 is 0. The molecular formula is C48H32. The van der Waals surface area contributed by atoms with E-state index in [-0.39, 0.29) is 0 Å². The van der Waals surface area contributed by atoms with Gasteiger partial charge >= 0.3 is 0 Å². The van der Waals surface area contributed by atoms with Crippen LogP contribution in [0.25, 0.3) is 88.0 Å². The first kappa shape index (κ1) is 28.0. The first-order valence-electron chi connectivity index (χ1n) is 16.6. The molecule has 0 bridgehead atoms.